The summed E-state index contributed by atoms with van der Waals surface area (Å²) in [5.41, 5.74) is 0.489. The summed E-state index contributed by atoms with van der Waals surface area (Å²) in [6, 6.07) is 10.1. The van der Waals surface area contributed by atoms with E-state index in [2.05, 4.69) is 17.1 Å². The van der Waals surface area contributed by atoms with Crippen LogP contribution in [0.3, 0.4) is 0 Å². The molecule has 204 valence electrons. The number of nitrogens with zero attached hydrogens (tertiary/aromatic N) is 2. The molecule has 2 aromatic rings. The zero-order valence-corrected chi connectivity index (χ0v) is 23.8. The van der Waals surface area contributed by atoms with Gasteiger partial charge >= 0.3 is 5.97 Å². The number of thiophene rings is 1. The number of benzene rings is 1. The highest BCUT2D eigenvalue weighted by Crippen LogP contribution is 2.28. The lowest BCUT2D eigenvalue weighted by molar-refractivity contribution is -0.142. The molecular formula is C26H36ClN3O5S2. The Morgan fingerprint density at radius 1 is 1.11 bits per heavy atom. The van der Waals surface area contributed by atoms with Crippen LogP contribution in [0.25, 0.3) is 0 Å². The number of sulfonamides is 1. The van der Waals surface area contributed by atoms with Crippen LogP contribution in [0.5, 0.6) is 0 Å². The van der Waals surface area contributed by atoms with Gasteiger partial charge in [0.05, 0.1) is 20.2 Å². The Morgan fingerprint density at radius 2 is 1.81 bits per heavy atom. The number of carbonyl (C=O) groups excluding carboxylic acids is 2. The molecule has 1 aromatic heterocycles. The fourth-order valence-corrected chi connectivity index (χ4v) is 7.45. The zero-order chi connectivity index (χ0) is 26.8. The highest BCUT2D eigenvalue weighted by atomic mass is 35.5. The van der Waals surface area contributed by atoms with Crippen molar-refractivity contribution in [3.8, 4) is 0 Å². The SMILES string of the molecule is CCCCCCN(CC(=O)OC)C1CCN(S(=O)(=O)c2ccc(CNC(=O)c3ccc(Cl)cc3)s2)CC1. The van der Waals surface area contributed by atoms with Gasteiger partial charge < -0.3 is 10.1 Å². The predicted molar refractivity (Wildman–Crippen MR) is 146 cm³/mol. The monoisotopic (exact) mass is 569 g/mol. The minimum absolute atomic E-state index is 0.147. The molecule has 3 rings (SSSR count). The molecule has 0 saturated carbocycles. The number of rotatable bonds is 13. The third kappa shape index (κ3) is 8.51. The van der Waals surface area contributed by atoms with Crippen LogP contribution in [-0.4, -0.2) is 68.8 Å². The summed E-state index contributed by atoms with van der Waals surface area (Å²) < 4.78 is 33.3. The Morgan fingerprint density at radius 3 is 2.46 bits per heavy atom. The summed E-state index contributed by atoms with van der Waals surface area (Å²) in [5.74, 6) is -0.512. The summed E-state index contributed by atoms with van der Waals surface area (Å²) in [4.78, 5) is 27.2. The first kappa shape index (κ1) is 29.6. The summed E-state index contributed by atoms with van der Waals surface area (Å²) in [6.07, 6.45) is 5.76. The molecule has 11 heteroatoms. The molecule has 0 aliphatic carbocycles. The molecule has 1 fully saturated rings. The topological polar surface area (TPSA) is 96.0 Å². The highest BCUT2D eigenvalue weighted by Gasteiger charge is 2.33. The number of amides is 1. The molecule has 0 radical (unpaired) electrons. The van der Waals surface area contributed by atoms with Crippen molar-refractivity contribution in [2.45, 2.75) is 62.2 Å². The summed E-state index contributed by atoms with van der Waals surface area (Å²) in [5, 5.41) is 3.37. The molecule has 0 atom stereocenters. The minimum atomic E-state index is -3.62. The first-order chi connectivity index (χ1) is 17.7. The lowest BCUT2D eigenvalue weighted by Crippen LogP contribution is -2.48. The molecule has 37 heavy (non-hydrogen) atoms. The van der Waals surface area contributed by atoms with E-state index < -0.39 is 10.0 Å². The molecule has 1 amide bonds. The summed E-state index contributed by atoms with van der Waals surface area (Å²) >= 11 is 7.04. The average Bonchev–Trinajstić information content (AvgIpc) is 3.39. The Bertz CT molecular complexity index is 1130. The molecule has 0 bridgehead atoms. The summed E-state index contributed by atoms with van der Waals surface area (Å²) in [7, 11) is -2.23. The van der Waals surface area contributed by atoms with E-state index in [1.165, 1.54) is 22.8 Å². The van der Waals surface area contributed by atoms with E-state index in [4.69, 9.17) is 16.3 Å². The van der Waals surface area contributed by atoms with Crippen LogP contribution in [0.4, 0.5) is 0 Å². The van der Waals surface area contributed by atoms with Gasteiger partial charge in [-0.25, -0.2) is 8.42 Å². The summed E-state index contributed by atoms with van der Waals surface area (Å²) in [6.45, 7) is 4.25. The van der Waals surface area contributed by atoms with Crippen molar-refractivity contribution in [1.82, 2.24) is 14.5 Å². The van der Waals surface area contributed by atoms with Crippen LogP contribution in [0.1, 0.15) is 60.7 Å². The number of esters is 1. The Hall–Kier alpha value is -1.98. The number of nitrogens with one attached hydrogen (secondary N) is 1. The van der Waals surface area contributed by atoms with E-state index in [9.17, 15) is 18.0 Å². The first-order valence-corrected chi connectivity index (χ1v) is 15.3. The molecule has 1 saturated heterocycles. The van der Waals surface area contributed by atoms with Gasteiger partial charge in [0.2, 0.25) is 0 Å². The van der Waals surface area contributed by atoms with Gasteiger partial charge in [0.1, 0.15) is 4.21 Å². The smallest absolute Gasteiger partial charge is 0.319 e. The van der Waals surface area contributed by atoms with E-state index in [-0.39, 0.29) is 35.2 Å². The molecule has 1 N–H and O–H groups in total. The second-order valence-corrected chi connectivity index (χ2v) is 12.9. The highest BCUT2D eigenvalue weighted by molar-refractivity contribution is 7.91. The van der Waals surface area contributed by atoms with Gasteiger partial charge in [0.15, 0.2) is 0 Å². The van der Waals surface area contributed by atoms with Crippen molar-refractivity contribution in [1.29, 1.82) is 0 Å². The number of piperidine rings is 1. The van der Waals surface area contributed by atoms with E-state index in [0.29, 0.717) is 36.5 Å². The maximum atomic E-state index is 13.3. The second-order valence-electron chi connectivity index (χ2n) is 9.15. The molecule has 1 aromatic carbocycles. The lowest BCUT2D eigenvalue weighted by atomic mass is 10.0. The fraction of sp³-hybridized carbons (Fsp3) is 0.538. The molecule has 0 spiro atoms. The number of ether oxygens (including phenoxy) is 1. The van der Waals surface area contributed by atoms with Gasteiger partial charge in [-0.2, -0.15) is 4.31 Å². The second kappa shape index (κ2) is 14.2. The van der Waals surface area contributed by atoms with Crippen LogP contribution in [0.2, 0.25) is 5.02 Å². The van der Waals surface area contributed by atoms with Crippen molar-refractivity contribution >= 4 is 44.8 Å². The predicted octanol–water partition coefficient (Wildman–Crippen LogP) is 4.54. The number of halogens is 1. The minimum Gasteiger partial charge on any atom is -0.468 e. The van der Waals surface area contributed by atoms with Crippen LogP contribution in [-0.2, 0) is 26.1 Å². The standard InChI is InChI=1S/C26H36ClN3O5S2/c1-3-4-5-6-15-29(19-24(31)35-2)22-13-16-30(17-14-22)37(33,34)25-12-11-23(36-25)18-28-26(32)20-7-9-21(27)10-8-20/h7-12,22H,3-6,13-19H2,1-2H3,(H,28,32). The van der Waals surface area contributed by atoms with E-state index in [0.717, 1.165) is 37.1 Å². The van der Waals surface area contributed by atoms with Gasteiger partial charge in [0, 0.05) is 34.6 Å². The average molecular weight is 570 g/mol. The van der Waals surface area contributed by atoms with E-state index in [1.54, 1.807) is 36.4 Å². The van der Waals surface area contributed by atoms with Gasteiger partial charge in [-0.3, -0.25) is 14.5 Å². The first-order valence-electron chi connectivity index (χ1n) is 12.7. The number of carbonyl (C=O) groups is 2. The van der Waals surface area contributed by atoms with E-state index >= 15 is 0 Å². The molecule has 1 aliphatic rings. The molecular weight excluding hydrogens is 534 g/mol. The van der Waals surface area contributed by atoms with Crippen molar-refractivity contribution in [3.05, 3.63) is 51.9 Å². The van der Waals surface area contributed by atoms with Crippen molar-refractivity contribution in [3.63, 3.8) is 0 Å². The van der Waals surface area contributed by atoms with Gasteiger partial charge in [-0.1, -0.05) is 37.8 Å². The van der Waals surface area contributed by atoms with Crippen LogP contribution >= 0.6 is 22.9 Å². The Labute approximate surface area is 229 Å². The van der Waals surface area contributed by atoms with Crippen molar-refractivity contribution in [2.75, 3.05) is 33.3 Å². The quantitative estimate of drug-likeness (QED) is 0.281. The molecule has 1 aliphatic heterocycles. The van der Waals surface area contributed by atoms with Gasteiger partial charge in [-0.05, 0) is 62.2 Å². The van der Waals surface area contributed by atoms with Gasteiger partial charge in [-0.15, -0.1) is 11.3 Å². The third-order valence-corrected chi connectivity index (χ3v) is 10.3. The molecule has 0 unspecified atom stereocenters. The zero-order valence-electron chi connectivity index (χ0n) is 21.4. The van der Waals surface area contributed by atoms with Crippen molar-refractivity contribution in [2.24, 2.45) is 0 Å². The van der Waals surface area contributed by atoms with E-state index in [1.807, 2.05) is 0 Å². The number of unbranched alkanes of at least 4 members (excludes halogenated alkanes) is 3. The van der Waals surface area contributed by atoms with Crippen LogP contribution in [0, 0.1) is 0 Å². The van der Waals surface area contributed by atoms with Crippen LogP contribution < -0.4 is 5.32 Å². The van der Waals surface area contributed by atoms with Crippen LogP contribution in [0.15, 0.2) is 40.6 Å². The lowest BCUT2D eigenvalue weighted by Gasteiger charge is -2.37. The third-order valence-electron chi connectivity index (χ3n) is 6.56. The van der Waals surface area contributed by atoms with Crippen molar-refractivity contribution < 1.29 is 22.7 Å². The number of hydrogen-bond donors (Lipinski definition) is 1. The normalized spacial score (nSPS) is 15.1. The fourth-order valence-electron chi connectivity index (χ4n) is 4.40. The molecule has 2 heterocycles. The Balaban J connectivity index is 1.55. The maximum Gasteiger partial charge on any atom is 0.319 e. The maximum absolute atomic E-state index is 13.3. The number of methoxy groups -OCH3 is 1. The number of hydrogen-bond acceptors (Lipinski definition) is 7. The molecule has 8 nitrogen and oxygen atoms in total. The van der Waals surface area contributed by atoms with Gasteiger partial charge in [0.25, 0.3) is 15.9 Å². The largest absolute Gasteiger partial charge is 0.468 e. The Kier molecular flexibility index (Phi) is 11.4.